The quantitative estimate of drug-likeness (QED) is 0.514. The van der Waals surface area contributed by atoms with Crippen LogP contribution in [-0.2, 0) is 11.8 Å². The fourth-order valence-corrected chi connectivity index (χ4v) is 8.62. The van der Waals surface area contributed by atoms with Crippen molar-refractivity contribution in [2.45, 2.75) is 31.1 Å². The number of hydrogen-bond donors (Lipinski definition) is 0. The molecule has 0 N–H and O–H groups in total. The average Bonchev–Trinajstić information content (AvgIpc) is 3.48. The van der Waals surface area contributed by atoms with Crippen molar-refractivity contribution in [3.05, 3.63) is 114 Å². The number of benzene rings is 3. The normalized spacial score (nSPS) is 24.2. The van der Waals surface area contributed by atoms with Crippen molar-refractivity contribution in [2.24, 2.45) is 5.92 Å². The molecular formula is C28H25P. The highest BCUT2D eigenvalue weighted by atomic mass is 31.1. The largest absolute Gasteiger partial charge is 0.0764 e. The number of aryl methyl sites for hydroxylation is 1. The number of rotatable bonds is 3. The van der Waals surface area contributed by atoms with Crippen LogP contribution in [0.25, 0.3) is 0 Å². The Morgan fingerprint density at radius 2 is 1.41 bits per heavy atom. The smallest absolute Gasteiger partial charge is 0.00806 e. The van der Waals surface area contributed by atoms with Crippen LogP contribution in [0.2, 0.25) is 0 Å². The summed E-state index contributed by atoms with van der Waals surface area (Å²) in [4.78, 5) is 0. The molecule has 3 aliphatic rings. The Morgan fingerprint density at radius 3 is 2.14 bits per heavy atom. The topological polar surface area (TPSA) is 0 Å². The minimum Gasteiger partial charge on any atom is -0.0764 e. The van der Waals surface area contributed by atoms with Crippen LogP contribution in [0.3, 0.4) is 0 Å². The van der Waals surface area contributed by atoms with Gasteiger partial charge in [-0.05, 0) is 60.6 Å². The van der Waals surface area contributed by atoms with Gasteiger partial charge in [0.1, 0.15) is 0 Å². The summed E-state index contributed by atoms with van der Waals surface area (Å²) in [7, 11) is -0.552. The van der Waals surface area contributed by atoms with E-state index < -0.39 is 7.92 Å². The summed E-state index contributed by atoms with van der Waals surface area (Å²) in [5, 5.41) is 4.51. The van der Waals surface area contributed by atoms with Gasteiger partial charge < -0.3 is 0 Å². The first-order chi connectivity index (χ1) is 14.4. The maximum atomic E-state index is 2.49. The van der Waals surface area contributed by atoms with Gasteiger partial charge in [0.25, 0.3) is 0 Å². The summed E-state index contributed by atoms with van der Waals surface area (Å²) in [6, 6.07) is 29.5. The fraction of sp³-hybridized carbons (Fsp3) is 0.214. The predicted octanol–water partition coefficient (Wildman–Crippen LogP) is 5.54. The molecule has 1 heteroatoms. The predicted molar refractivity (Wildman–Crippen MR) is 125 cm³/mol. The van der Waals surface area contributed by atoms with Crippen LogP contribution in [0.1, 0.15) is 30.4 Å². The first kappa shape index (κ1) is 17.4. The van der Waals surface area contributed by atoms with Crippen LogP contribution in [0.5, 0.6) is 0 Å². The monoisotopic (exact) mass is 392 g/mol. The molecular weight excluding hydrogens is 367 g/mol. The molecule has 1 unspecified atom stereocenters. The van der Waals surface area contributed by atoms with Crippen molar-refractivity contribution in [3.8, 4) is 0 Å². The molecule has 3 aromatic rings. The first-order valence-electron chi connectivity index (χ1n) is 10.8. The van der Waals surface area contributed by atoms with E-state index in [1.807, 2.05) is 0 Å². The third-order valence-corrected chi connectivity index (χ3v) is 9.69. The summed E-state index contributed by atoms with van der Waals surface area (Å²) in [5.74, 6) is 0.619. The van der Waals surface area contributed by atoms with E-state index >= 15 is 0 Å². The van der Waals surface area contributed by atoms with Crippen molar-refractivity contribution in [1.82, 2.24) is 0 Å². The first-order valence-corrected chi connectivity index (χ1v) is 12.1. The molecule has 0 nitrogen and oxygen atoms in total. The van der Waals surface area contributed by atoms with E-state index in [-0.39, 0.29) is 0 Å². The molecule has 29 heavy (non-hydrogen) atoms. The third kappa shape index (κ3) is 2.62. The molecule has 0 amide bonds. The van der Waals surface area contributed by atoms with Crippen LogP contribution < -0.4 is 15.9 Å². The molecule has 3 aliphatic carbocycles. The van der Waals surface area contributed by atoms with Gasteiger partial charge in [-0.25, -0.2) is 0 Å². The molecule has 6 rings (SSSR count). The fourth-order valence-electron chi connectivity index (χ4n) is 6.00. The molecule has 0 radical (unpaired) electrons. The summed E-state index contributed by atoms with van der Waals surface area (Å²) >= 11 is 0. The Balaban J connectivity index is 1.59. The van der Waals surface area contributed by atoms with Gasteiger partial charge in [-0.15, -0.1) is 0 Å². The van der Waals surface area contributed by atoms with Crippen molar-refractivity contribution < 1.29 is 0 Å². The standard InChI is InChI=1S/C28H25P/c1-3-11-23(12-4-1)29(24-13-5-2-6-14-24)26-16-8-10-22-18-20-28(27(22)26)19-17-21-9-7-15-25(21)28/h1-16,25H,17-20H2/t25?,28-/m1/s1. The summed E-state index contributed by atoms with van der Waals surface area (Å²) in [6.45, 7) is 0. The molecule has 0 saturated heterocycles. The Labute approximate surface area is 174 Å². The summed E-state index contributed by atoms with van der Waals surface area (Å²) < 4.78 is 0. The van der Waals surface area contributed by atoms with Gasteiger partial charge in [-0.3, -0.25) is 0 Å². The Morgan fingerprint density at radius 1 is 0.724 bits per heavy atom. The van der Waals surface area contributed by atoms with E-state index in [0.29, 0.717) is 11.3 Å². The van der Waals surface area contributed by atoms with Crippen LogP contribution in [0.15, 0.2) is 103 Å². The molecule has 3 aromatic carbocycles. The van der Waals surface area contributed by atoms with E-state index in [2.05, 4.69) is 97.1 Å². The van der Waals surface area contributed by atoms with Gasteiger partial charge in [0.2, 0.25) is 0 Å². The summed E-state index contributed by atoms with van der Waals surface area (Å²) in [5.41, 5.74) is 5.27. The van der Waals surface area contributed by atoms with Crippen LogP contribution in [0.4, 0.5) is 0 Å². The number of hydrogen-bond acceptors (Lipinski definition) is 0. The maximum Gasteiger partial charge on any atom is 0.00806 e. The van der Waals surface area contributed by atoms with Gasteiger partial charge in [0.15, 0.2) is 0 Å². The summed E-state index contributed by atoms with van der Waals surface area (Å²) in [6.07, 6.45) is 12.3. The van der Waals surface area contributed by atoms with E-state index in [1.165, 1.54) is 36.3 Å². The zero-order valence-electron chi connectivity index (χ0n) is 16.6. The van der Waals surface area contributed by atoms with Crippen molar-refractivity contribution in [2.75, 3.05) is 0 Å². The van der Waals surface area contributed by atoms with E-state index in [4.69, 9.17) is 0 Å². The van der Waals surface area contributed by atoms with Crippen molar-refractivity contribution >= 4 is 23.8 Å². The second kappa shape index (κ2) is 6.82. The van der Waals surface area contributed by atoms with Gasteiger partial charge in [0.05, 0.1) is 0 Å². The lowest BCUT2D eigenvalue weighted by Crippen LogP contribution is -2.34. The van der Waals surface area contributed by atoms with Gasteiger partial charge >= 0.3 is 0 Å². The van der Waals surface area contributed by atoms with E-state index in [9.17, 15) is 0 Å². The number of allylic oxidation sites excluding steroid dienone is 4. The zero-order chi connectivity index (χ0) is 19.3. The molecule has 142 valence electrons. The minimum absolute atomic E-state index is 0.314. The van der Waals surface area contributed by atoms with Gasteiger partial charge in [-0.1, -0.05) is 103 Å². The van der Waals surface area contributed by atoms with Gasteiger partial charge in [0, 0.05) is 11.3 Å². The van der Waals surface area contributed by atoms with Crippen molar-refractivity contribution in [1.29, 1.82) is 0 Å². The molecule has 0 aliphatic heterocycles. The third-order valence-electron chi connectivity index (χ3n) is 7.21. The molecule has 2 atom stereocenters. The Hall–Kier alpha value is -2.43. The highest BCUT2D eigenvalue weighted by Gasteiger charge is 2.51. The van der Waals surface area contributed by atoms with E-state index in [0.717, 1.165) is 0 Å². The highest BCUT2D eigenvalue weighted by molar-refractivity contribution is 7.79. The lowest BCUT2D eigenvalue weighted by Gasteiger charge is -2.34. The van der Waals surface area contributed by atoms with Crippen LogP contribution >= 0.6 is 7.92 Å². The second-order valence-corrected chi connectivity index (χ2v) is 10.8. The molecule has 1 saturated carbocycles. The highest BCUT2D eigenvalue weighted by Crippen LogP contribution is 2.58. The van der Waals surface area contributed by atoms with Crippen molar-refractivity contribution in [3.63, 3.8) is 0 Å². The molecule has 1 spiro atoms. The zero-order valence-corrected chi connectivity index (χ0v) is 17.5. The van der Waals surface area contributed by atoms with Crippen LogP contribution in [-0.4, -0.2) is 0 Å². The van der Waals surface area contributed by atoms with Gasteiger partial charge in [-0.2, -0.15) is 0 Å². The Bertz CT molecular complexity index is 1070. The lowest BCUT2D eigenvalue weighted by atomic mass is 9.73. The number of fused-ring (bicyclic) bond motifs is 4. The maximum absolute atomic E-state index is 2.49. The van der Waals surface area contributed by atoms with E-state index in [1.54, 1.807) is 22.0 Å². The molecule has 0 bridgehead atoms. The molecule has 0 heterocycles. The molecule has 1 fully saturated rings. The Kier molecular flexibility index (Phi) is 4.10. The van der Waals surface area contributed by atoms with Crippen LogP contribution in [0, 0.1) is 5.92 Å². The lowest BCUT2D eigenvalue weighted by molar-refractivity contribution is 0.386. The SMILES string of the molecule is C1=CC2C(=C1)CC[C@@]21CCc2cccc(P(c3ccccc3)c3ccccc3)c21. The average molecular weight is 392 g/mol. The second-order valence-electron chi connectivity index (χ2n) is 8.58. The minimum atomic E-state index is -0.552. The molecule has 0 aromatic heterocycles.